The van der Waals surface area contributed by atoms with Gasteiger partial charge < -0.3 is 0 Å². The van der Waals surface area contributed by atoms with Crippen molar-refractivity contribution < 1.29 is 9.18 Å². The standard InChI is InChI=1S/C10H9FO/c1-6-2-4-8(11)7-3-5-9(12)10(6)7/h2,4H,3,5H2,1H3. The Morgan fingerprint density at radius 1 is 1.33 bits per heavy atom. The molecule has 0 atom stereocenters. The number of halogens is 1. The van der Waals surface area contributed by atoms with Crippen LogP contribution in [0.5, 0.6) is 0 Å². The van der Waals surface area contributed by atoms with Crippen LogP contribution in [0, 0.1) is 12.7 Å². The lowest BCUT2D eigenvalue weighted by atomic mass is 10.0. The van der Waals surface area contributed by atoms with Gasteiger partial charge >= 0.3 is 0 Å². The highest BCUT2D eigenvalue weighted by Gasteiger charge is 2.23. The van der Waals surface area contributed by atoms with Crippen LogP contribution in [0.1, 0.15) is 27.9 Å². The lowest BCUT2D eigenvalue weighted by Crippen LogP contribution is -1.96. The molecule has 1 nitrogen and oxygen atoms in total. The van der Waals surface area contributed by atoms with Gasteiger partial charge in [0.1, 0.15) is 5.82 Å². The van der Waals surface area contributed by atoms with Gasteiger partial charge in [0.05, 0.1) is 0 Å². The van der Waals surface area contributed by atoms with Gasteiger partial charge in [-0.05, 0) is 30.5 Å². The van der Waals surface area contributed by atoms with Crippen molar-refractivity contribution in [3.8, 4) is 0 Å². The van der Waals surface area contributed by atoms with Crippen LogP contribution in [-0.2, 0) is 6.42 Å². The molecule has 1 aliphatic carbocycles. The maximum atomic E-state index is 13.1. The predicted octanol–water partition coefficient (Wildman–Crippen LogP) is 2.26. The number of benzene rings is 1. The topological polar surface area (TPSA) is 17.1 Å². The van der Waals surface area contributed by atoms with Crippen LogP contribution in [-0.4, -0.2) is 5.78 Å². The van der Waals surface area contributed by atoms with Crippen molar-refractivity contribution in [2.75, 3.05) is 0 Å². The summed E-state index contributed by atoms with van der Waals surface area (Å²) in [6, 6.07) is 3.10. The fourth-order valence-electron chi connectivity index (χ4n) is 1.74. The van der Waals surface area contributed by atoms with Gasteiger partial charge in [0, 0.05) is 12.0 Å². The minimum Gasteiger partial charge on any atom is -0.294 e. The third-order valence-electron chi connectivity index (χ3n) is 2.34. The van der Waals surface area contributed by atoms with Crippen molar-refractivity contribution in [2.24, 2.45) is 0 Å². The Morgan fingerprint density at radius 2 is 2.08 bits per heavy atom. The van der Waals surface area contributed by atoms with E-state index in [0.717, 1.165) is 5.56 Å². The van der Waals surface area contributed by atoms with E-state index in [-0.39, 0.29) is 11.6 Å². The largest absolute Gasteiger partial charge is 0.294 e. The van der Waals surface area contributed by atoms with Gasteiger partial charge in [-0.25, -0.2) is 4.39 Å². The fourth-order valence-corrected chi connectivity index (χ4v) is 1.74. The number of hydrogen-bond acceptors (Lipinski definition) is 1. The van der Waals surface area contributed by atoms with E-state index in [4.69, 9.17) is 0 Å². The first-order valence-electron chi connectivity index (χ1n) is 4.01. The van der Waals surface area contributed by atoms with Crippen molar-refractivity contribution in [1.29, 1.82) is 0 Å². The molecule has 0 spiro atoms. The Kier molecular flexibility index (Phi) is 1.50. The van der Waals surface area contributed by atoms with E-state index in [2.05, 4.69) is 0 Å². The van der Waals surface area contributed by atoms with Crippen molar-refractivity contribution in [3.05, 3.63) is 34.6 Å². The molecular formula is C10H9FO. The average Bonchev–Trinajstić information content (AvgIpc) is 2.42. The number of carbonyl (C=O) groups is 1. The molecule has 0 aliphatic heterocycles. The molecule has 62 valence electrons. The molecule has 2 heteroatoms. The van der Waals surface area contributed by atoms with Crippen LogP contribution in [0.15, 0.2) is 12.1 Å². The van der Waals surface area contributed by atoms with Gasteiger partial charge in [-0.1, -0.05) is 6.07 Å². The maximum absolute atomic E-state index is 13.1. The second-order valence-electron chi connectivity index (χ2n) is 3.14. The molecule has 0 unspecified atom stereocenters. The first-order valence-corrected chi connectivity index (χ1v) is 4.01. The molecule has 0 radical (unpaired) electrons. The quantitative estimate of drug-likeness (QED) is 0.574. The molecule has 0 heterocycles. The van der Waals surface area contributed by atoms with E-state index in [1.165, 1.54) is 6.07 Å². The summed E-state index contributed by atoms with van der Waals surface area (Å²) in [7, 11) is 0. The Bertz CT molecular complexity index is 355. The monoisotopic (exact) mass is 164 g/mol. The molecule has 12 heavy (non-hydrogen) atoms. The molecule has 0 bridgehead atoms. The molecule has 1 aromatic rings. The van der Waals surface area contributed by atoms with Gasteiger partial charge in [-0.15, -0.1) is 0 Å². The fraction of sp³-hybridized carbons (Fsp3) is 0.300. The summed E-state index contributed by atoms with van der Waals surface area (Å²) >= 11 is 0. The van der Waals surface area contributed by atoms with Crippen LogP contribution in [0.4, 0.5) is 4.39 Å². The maximum Gasteiger partial charge on any atom is 0.163 e. The van der Waals surface area contributed by atoms with E-state index >= 15 is 0 Å². The van der Waals surface area contributed by atoms with E-state index in [9.17, 15) is 9.18 Å². The van der Waals surface area contributed by atoms with Crippen LogP contribution in [0.2, 0.25) is 0 Å². The SMILES string of the molecule is Cc1ccc(F)c2c1C(=O)CC2. The Morgan fingerprint density at radius 3 is 2.75 bits per heavy atom. The van der Waals surface area contributed by atoms with Gasteiger partial charge in [0.15, 0.2) is 5.78 Å². The zero-order chi connectivity index (χ0) is 8.72. The molecule has 1 aromatic carbocycles. The van der Waals surface area contributed by atoms with Crippen molar-refractivity contribution in [1.82, 2.24) is 0 Å². The number of ketones is 1. The van der Waals surface area contributed by atoms with Gasteiger partial charge in [-0.2, -0.15) is 0 Å². The zero-order valence-corrected chi connectivity index (χ0v) is 6.86. The molecule has 0 saturated heterocycles. The lowest BCUT2D eigenvalue weighted by Gasteiger charge is -2.02. The lowest BCUT2D eigenvalue weighted by molar-refractivity contribution is 0.0994. The smallest absolute Gasteiger partial charge is 0.163 e. The normalized spacial score (nSPS) is 15.0. The first kappa shape index (κ1) is 7.47. The van der Waals surface area contributed by atoms with E-state index < -0.39 is 0 Å². The Hall–Kier alpha value is -1.18. The zero-order valence-electron chi connectivity index (χ0n) is 6.86. The van der Waals surface area contributed by atoms with Crippen molar-refractivity contribution in [2.45, 2.75) is 19.8 Å². The predicted molar refractivity (Wildman–Crippen MR) is 43.8 cm³/mol. The molecule has 1 aliphatic rings. The minimum atomic E-state index is -0.235. The third-order valence-corrected chi connectivity index (χ3v) is 2.34. The van der Waals surface area contributed by atoms with Gasteiger partial charge in [-0.3, -0.25) is 4.79 Å². The molecule has 0 N–H and O–H groups in total. The van der Waals surface area contributed by atoms with E-state index in [1.807, 2.05) is 6.92 Å². The average molecular weight is 164 g/mol. The Labute approximate surface area is 70.2 Å². The summed E-state index contributed by atoms with van der Waals surface area (Å²) in [5, 5.41) is 0. The third kappa shape index (κ3) is 0.876. The summed E-state index contributed by atoms with van der Waals surface area (Å²) < 4.78 is 13.1. The highest BCUT2D eigenvalue weighted by molar-refractivity contribution is 6.01. The molecule has 2 rings (SSSR count). The number of aryl methyl sites for hydroxylation is 1. The second kappa shape index (κ2) is 2.41. The van der Waals surface area contributed by atoms with Gasteiger partial charge in [0.25, 0.3) is 0 Å². The highest BCUT2D eigenvalue weighted by atomic mass is 19.1. The molecule has 0 fully saturated rings. The highest BCUT2D eigenvalue weighted by Crippen LogP contribution is 2.27. The summed E-state index contributed by atoms with van der Waals surface area (Å²) in [5.74, 6) is -0.150. The number of Topliss-reactive ketones (excluding diaryl/α,β-unsaturated/α-hetero) is 1. The summed E-state index contributed by atoms with van der Waals surface area (Å²) in [6.45, 7) is 1.85. The number of fused-ring (bicyclic) bond motifs is 1. The van der Waals surface area contributed by atoms with Crippen molar-refractivity contribution in [3.63, 3.8) is 0 Å². The molecule has 0 amide bonds. The second-order valence-corrected chi connectivity index (χ2v) is 3.14. The summed E-state index contributed by atoms with van der Waals surface area (Å²) in [5.41, 5.74) is 2.13. The number of carbonyl (C=O) groups excluding carboxylic acids is 1. The van der Waals surface area contributed by atoms with E-state index in [0.29, 0.717) is 24.0 Å². The Balaban J connectivity index is 2.72. The van der Waals surface area contributed by atoms with Crippen molar-refractivity contribution >= 4 is 5.78 Å². The number of rotatable bonds is 0. The summed E-state index contributed by atoms with van der Waals surface area (Å²) in [4.78, 5) is 11.3. The van der Waals surface area contributed by atoms with Crippen LogP contribution in [0.3, 0.4) is 0 Å². The number of hydrogen-bond donors (Lipinski definition) is 0. The van der Waals surface area contributed by atoms with Crippen LogP contribution < -0.4 is 0 Å². The first-order chi connectivity index (χ1) is 5.70. The van der Waals surface area contributed by atoms with Crippen LogP contribution in [0.25, 0.3) is 0 Å². The molecule has 0 aromatic heterocycles. The van der Waals surface area contributed by atoms with Gasteiger partial charge in [0.2, 0.25) is 0 Å². The molecule has 0 saturated carbocycles. The van der Waals surface area contributed by atoms with Crippen LogP contribution >= 0.6 is 0 Å². The molecular weight excluding hydrogens is 155 g/mol. The minimum absolute atomic E-state index is 0.0852. The van der Waals surface area contributed by atoms with E-state index in [1.54, 1.807) is 6.07 Å². The summed E-state index contributed by atoms with van der Waals surface area (Å²) in [6.07, 6.45) is 1.04.